The topological polar surface area (TPSA) is 51.2 Å². The smallest absolute Gasteiger partial charge is 0.252 e. The number of nitrogens with one attached hydrogen (secondary N) is 1. The Morgan fingerprint density at radius 3 is 2.83 bits per heavy atom. The fourth-order valence-electron chi connectivity index (χ4n) is 2.58. The fourth-order valence-corrected chi connectivity index (χ4v) is 2.94. The highest BCUT2D eigenvalue weighted by atomic mass is 79.9. The first-order valence-corrected chi connectivity index (χ1v) is 8.34. The number of hydrogen-bond donors (Lipinski definition) is 1. The molecule has 4 nitrogen and oxygen atoms in total. The third kappa shape index (κ3) is 3.57. The molecule has 1 aromatic heterocycles. The number of halogens is 1. The van der Waals surface area contributed by atoms with Crippen LogP contribution in [0.2, 0.25) is 0 Å². The summed E-state index contributed by atoms with van der Waals surface area (Å²) in [6.07, 6.45) is 0. The Morgan fingerprint density at radius 1 is 1.21 bits per heavy atom. The minimum atomic E-state index is -0.119. The van der Waals surface area contributed by atoms with Gasteiger partial charge in [0.15, 0.2) is 0 Å². The summed E-state index contributed by atoms with van der Waals surface area (Å²) < 4.78 is 6.13. The number of aryl methyl sites for hydroxylation is 1. The average Bonchev–Trinajstić information content (AvgIpc) is 2.59. The van der Waals surface area contributed by atoms with E-state index in [4.69, 9.17) is 4.74 Å². The molecule has 24 heavy (non-hydrogen) atoms. The molecule has 0 aliphatic heterocycles. The van der Waals surface area contributed by atoms with Gasteiger partial charge in [-0.05, 0) is 48.9 Å². The molecule has 1 heterocycles. The summed E-state index contributed by atoms with van der Waals surface area (Å²) >= 11 is 3.45. The molecule has 0 spiro atoms. The van der Waals surface area contributed by atoms with Gasteiger partial charge < -0.3 is 10.1 Å². The number of benzene rings is 2. The van der Waals surface area contributed by atoms with Crippen LogP contribution in [0.5, 0.6) is 5.75 Å². The third-order valence-electron chi connectivity index (χ3n) is 3.73. The summed E-state index contributed by atoms with van der Waals surface area (Å²) in [7, 11) is 1.63. The largest absolute Gasteiger partial charge is 0.497 e. The van der Waals surface area contributed by atoms with Crippen LogP contribution >= 0.6 is 15.9 Å². The molecule has 0 aliphatic rings. The van der Waals surface area contributed by atoms with Gasteiger partial charge in [0.2, 0.25) is 0 Å². The summed E-state index contributed by atoms with van der Waals surface area (Å²) in [5.74, 6) is 0.655. The molecule has 0 atom stereocenters. The van der Waals surface area contributed by atoms with Crippen molar-refractivity contribution in [1.82, 2.24) is 10.3 Å². The highest BCUT2D eigenvalue weighted by molar-refractivity contribution is 9.10. The molecule has 0 saturated heterocycles. The van der Waals surface area contributed by atoms with Crippen LogP contribution in [0.3, 0.4) is 0 Å². The van der Waals surface area contributed by atoms with Crippen LogP contribution in [0.1, 0.15) is 21.6 Å². The molecule has 5 heteroatoms. The third-order valence-corrected chi connectivity index (χ3v) is 4.22. The standard InChI is InChI=1S/C19H17BrN2O2/c1-12-8-17(16-10-14(20)6-7-18(16)22-12)19(23)21-11-13-4-3-5-15(9-13)24-2/h3-10H,11H2,1-2H3,(H,21,23). The first-order chi connectivity index (χ1) is 11.6. The van der Waals surface area contributed by atoms with Crippen molar-refractivity contribution in [3.63, 3.8) is 0 Å². The monoisotopic (exact) mass is 384 g/mol. The van der Waals surface area contributed by atoms with Crippen molar-refractivity contribution in [3.05, 3.63) is 69.8 Å². The molecule has 0 saturated carbocycles. The lowest BCUT2D eigenvalue weighted by Crippen LogP contribution is -2.23. The summed E-state index contributed by atoms with van der Waals surface area (Å²) in [6.45, 7) is 2.33. The molecule has 0 bridgehead atoms. The zero-order valence-corrected chi connectivity index (χ0v) is 15.1. The van der Waals surface area contributed by atoms with Crippen LogP contribution in [-0.2, 0) is 6.54 Å². The number of rotatable bonds is 4. The maximum absolute atomic E-state index is 12.7. The Hall–Kier alpha value is -2.40. The van der Waals surface area contributed by atoms with Gasteiger partial charge in [0.1, 0.15) is 5.75 Å². The summed E-state index contributed by atoms with van der Waals surface area (Å²) in [5.41, 5.74) is 3.24. The number of pyridine rings is 1. The maximum Gasteiger partial charge on any atom is 0.252 e. The van der Waals surface area contributed by atoms with E-state index in [0.29, 0.717) is 12.1 Å². The Morgan fingerprint density at radius 2 is 2.04 bits per heavy atom. The molecule has 122 valence electrons. The van der Waals surface area contributed by atoms with Crippen molar-refractivity contribution in [3.8, 4) is 5.75 Å². The van der Waals surface area contributed by atoms with Crippen molar-refractivity contribution >= 4 is 32.7 Å². The van der Waals surface area contributed by atoms with Gasteiger partial charge in [-0.2, -0.15) is 0 Å². The molecular weight excluding hydrogens is 368 g/mol. The number of ether oxygens (including phenoxy) is 1. The highest BCUT2D eigenvalue weighted by Gasteiger charge is 2.12. The van der Waals surface area contributed by atoms with Crippen molar-refractivity contribution < 1.29 is 9.53 Å². The Labute approximate surface area is 149 Å². The number of hydrogen-bond acceptors (Lipinski definition) is 3. The minimum Gasteiger partial charge on any atom is -0.497 e. The van der Waals surface area contributed by atoms with Crippen LogP contribution in [0.15, 0.2) is 53.0 Å². The van der Waals surface area contributed by atoms with Gasteiger partial charge in [0.25, 0.3) is 5.91 Å². The predicted octanol–water partition coefficient (Wildman–Crippen LogP) is 4.24. The molecule has 0 fully saturated rings. The van der Waals surface area contributed by atoms with E-state index in [0.717, 1.165) is 32.4 Å². The van der Waals surface area contributed by atoms with Crippen LogP contribution < -0.4 is 10.1 Å². The number of fused-ring (bicyclic) bond motifs is 1. The van der Waals surface area contributed by atoms with E-state index >= 15 is 0 Å². The first-order valence-electron chi connectivity index (χ1n) is 7.55. The molecule has 3 rings (SSSR count). The van der Waals surface area contributed by atoms with E-state index in [1.807, 2.05) is 55.5 Å². The number of amides is 1. The molecule has 3 aromatic rings. The zero-order valence-electron chi connectivity index (χ0n) is 13.5. The van der Waals surface area contributed by atoms with Gasteiger partial charge in [-0.3, -0.25) is 9.78 Å². The SMILES string of the molecule is COc1cccc(CNC(=O)c2cc(C)nc3ccc(Br)cc23)c1. The first kappa shape index (κ1) is 16.5. The van der Waals surface area contributed by atoms with Crippen molar-refractivity contribution in [2.45, 2.75) is 13.5 Å². The number of carbonyl (C=O) groups excluding carboxylic acids is 1. The molecule has 0 unspecified atom stereocenters. The van der Waals surface area contributed by atoms with Crippen molar-refractivity contribution in [2.24, 2.45) is 0 Å². The van der Waals surface area contributed by atoms with Gasteiger partial charge in [0, 0.05) is 22.1 Å². The normalized spacial score (nSPS) is 10.6. The second-order valence-electron chi connectivity index (χ2n) is 5.51. The van der Waals surface area contributed by atoms with E-state index < -0.39 is 0 Å². The predicted molar refractivity (Wildman–Crippen MR) is 98.3 cm³/mol. The lowest BCUT2D eigenvalue weighted by Gasteiger charge is -2.10. The highest BCUT2D eigenvalue weighted by Crippen LogP contribution is 2.23. The van der Waals surface area contributed by atoms with Gasteiger partial charge in [-0.1, -0.05) is 28.1 Å². The lowest BCUT2D eigenvalue weighted by molar-refractivity contribution is 0.0952. The van der Waals surface area contributed by atoms with Crippen LogP contribution in [0, 0.1) is 6.92 Å². The molecule has 1 amide bonds. The summed E-state index contributed by atoms with van der Waals surface area (Å²) in [6, 6.07) is 15.2. The van der Waals surface area contributed by atoms with Gasteiger partial charge in [-0.25, -0.2) is 0 Å². The minimum absolute atomic E-state index is 0.119. The van der Waals surface area contributed by atoms with E-state index in [9.17, 15) is 4.79 Å². The number of aromatic nitrogens is 1. The van der Waals surface area contributed by atoms with E-state index in [-0.39, 0.29) is 5.91 Å². The van der Waals surface area contributed by atoms with Gasteiger partial charge in [-0.15, -0.1) is 0 Å². The van der Waals surface area contributed by atoms with Gasteiger partial charge in [0.05, 0.1) is 18.2 Å². The zero-order chi connectivity index (χ0) is 17.1. The summed E-state index contributed by atoms with van der Waals surface area (Å²) in [4.78, 5) is 17.1. The number of nitrogens with zero attached hydrogens (tertiary/aromatic N) is 1. The van der Waals surface area contributed by atoms with E-state index in [1.165, 1.54) is 0 Å². The van der Waals surface area contributed by atoms with Crippen LogP contribution in [0.25, 0.3) is 10.9 Å². The van der Waals surface area contributed by atoms with Crippen LogP contribution in [0.4, 0.5) is 0 Å². The van der Waals surface area contributed by atoms with Crippen molar-refractivity contribution in [2.75, 3.05) is 7.11 Å². The van der Waals surface area contributed by atoms with E-state index in [2.05, 4.69) is 26.2 Å². The second-order valence-corrected chi connectivity index (χ2v) is 6.42. The maximum atomic E-state index is 12.7. The Bertz CT molecular complexity index is 909. The van der Waals surface area contributed by atoms with Gasteiger partial charge >= 0.3 is 0 Å². The number of carbonyl (C=O) groups is 1. The molecule has 2 aromatic carbocycles. The lowest BCUT2D eigenvalue weighted by atomic mass is 10.1. The van der Waals surface area contributed by atoms with E-state index in [1.54, 1.807) is 7.11 Å². The Kier molecular flexibility index (Phi) is 4.81. The quantitative estimate of drug-likeness (QED) is 0.731. The second kappa shape index (κ2) is 7.01. The molecule has 0 aliphatic carbocycles. The Balaban J connectivity index is 1.87. The summed E-state index contributed by atoms with van der Waals surface area (Å²) in [5, 5.41) is 3.80. The van der Waals surface area contributed by atoms with Crippen LogP contribution in [-0.4, -0.2) is 18.0 Å². The molecular formula is C19H17BrN2O2. The van der Waals surface area contributed by atoms with Crippen molar-refractivity contribution in [1.29, 1.82) is 0 Å². The average molecular weight is 385 g/mol. The molecule has 1 N–H and O–H groups in total. The number of methoxy groups -OCH3 is 1. The molecule has 0 radical (unpaired) electrons. The fraction of sp³-hybridized carbons (Fsp3) is 0.158.